The predicted octanol–water partition coefficient (Wildman–Crippen LogP) is 4.26. The first-order valence-electron chi connectivity index (χ1n) is 4.63. The first-order valence-corrected chi connectivity index (χ1v) is 7.35. The number of nitrogens with zero attached hydrogens (tertiary/aromatic N) is 2. The molecule has 3 heterocycles. The van der Waals surface area contributed by atoms with Crippen LogP contribution in [0.2, 0.25) is 9.49 Å². The zero-order valence-electron chi connectivity index (χ0n) is 8.04. The number of thiophene rings is 1. The minimum atomic E-state index is 0.578. The molecule has 0 N–H and O–H groups in total. The average Bonchev–Trinajstić information content (AvgIpc) is 2.85. The van der Waals surface area contributed by atoms with Gasteiger partial charge >= 0.3 is 0 Å². The number of aromatic nitrogens is 2. The second kappa shape index (κ2) is 4.18. The number of rotatable bonds is 1. The molecular formula is C10H6Cl2N2S2. The Kier molecular flexibility index (Phi) is 2.83. The molecule has 2 aromatic rings. The Morgan fingerprint density at radius 3 is 2.75 bits per heavy atom. The Morgan fingerprint density at radius 1 is 1.12 bits per heavy atom. The van der Waals surface area contributed by atoms with E-state index in [9.17, 15) is 0 Å². The van der Waals surface area contributed by atoms with E-state index in [0.29, 0.717) is 11.0 Å². The van der Waals surface area contributed by atoms with Crippen LogP contribution in [0.4, 0.5) is 0 Å². The molecule has 0 amide bonds. The fourth-order valence-corrected chi connectivity index (χ4v) is 3.91. The van der Waals surface area contributed by atoms with Crippen molar-refractivity contribution >= 4 is 46.3 Å². The molecule has 0 fully saturated rings. The average molecular weight is 289 g/mol. The minimum Gasteiger partial charge on any atom is -0.231 e. The molecule has 0 aliphatic carbocycles. The molecule has 2 nitrogen and oxygen atoms in total. The van der Waals surface area contributed by atoms with Crippen molar-refractivity contribution in [3.8, 4) is 10.7 Å². The van der Waals surface area contributed by atoms with Crippen LogP contribution in [0.15, 0.2) is 12.1 Å². The molecule has 2 aromatic heterocycles. The summed E-state index contributed by atoms with van der Waals surface area (Å²) >= 11 is 15.3. The number of thioether (sulfide) groups is 1. The van der Waals surface area contributed by atoms with Gasteiger partial charge in [-0.1, -0.05) is 23.2 Å². The van der Waals surface area contributed by atoms with Crippen LogP contribution in [0.3, 0.4) is 0 Å². The third-order valence-electron chi connectivity index (χ3n) is 2.32. The number of hydrogen-bond acceptors (Lipinski definition) is 4. The summed E-state index contributed by atoms with van der Waals surface area (Å²) in [5.74, 6) is 2.52. The highest BCUT2D eigenvalue weighted by Crippen LogP contribution is 2.36. The summed E-state index contributed by atoms with van der Waals surface area (Å²) in [6.45, 7) is 0. The second-order valence-electron chi connectivity index (χ2n) is 3.36. The van der Waals surface area contributed by atoms with Crippen LogP contribution in [0.1, 0.15) is 11.3 Å². The van der Waals surface area contributed by atoms with Crippen molar-refractivity contribution in [3.63, 3.8) is 0 Å². The monoisotopic (exact) mass is 288 g/mol. The van der Waals surface area contributed by atoms with Crippen molar-refractivity contribution in [1.82, 2.24) is 9.97 Å². The lowest BCUT2D eigenvalue weighted by molar-refractivity contribution is 1.08. The fraction of sp³-hybridized carbons (Fsp3) is 0.200. The summed E-state index contributed by atoms with van der Waals surface area (Å²) in [6, 6.07) is 3.77. The van der Waals surface area contributed by atoms with Gasteiger partial charge in [0, 0.05) is 17.1 Å². The Morgan fingerprint density at radius 2 is 2.00 bits per heavy atom. The second-order valence-corrected chi connectivity index (χ2v) is 6.42. The van der Waals surface area contributed by atoms with Gasteiger partial charge in [0.2, 0.25) is 0 Å². The van der Waals surface area contributed by atoms with Crippen LogP contribution in [-0.2, 0) is 11.5 Å². The zero-order chi connectivity index (χ0) is 11.1. The molecule has 0 aromatic carbocycles. The van der Waals surface area contributed by atoms with E-state index in [0.717, 1.165) is 32.0 Å². The maximum absolute atomic E-state index is 6.14. The first kappa shape index (κ1) is 10.8. The molecule has 16 heavy (non-hydrogen) atoms. The summed E-state index contributed by atoms with van der Waals surface area (Å²) < 4.78 is 0.740. The maximum atomic E-state index is 6.14. The van der Waals surface area contributed by atoms with Crippen LogP contribution in [0.5, 0.6) is 0 Å². The maximum Gasteiger partial charge on any atom is 0.171 e. The van der Waals surface area contributed by atoms with Gasteiger partial charge in [-0.15, -0.1) is 11.3 Å². The molecule has 3 rings (SSSR count). The van der Waals surface area contributed by atoms with E-state index in [-0.39, 0.29) is 0 Å². The van der Waals surface area contributed by atoms with Crippen LogP contribution in [0, 0.1) is 0 Å². The Hall–Kier alpha value is -0.290. The van der Waals surface area contributed by atoms with Crippen molar-refractivity contribution in [1.29, 1.82) is 0 Å². The van der Waals surface area contributed by atoms with E-state index in [2.05, 4.69) is 9.97 Å². The third-order valence-corrected chi connectivity index (χ3v) is 4.83. The molecular weight excluding hydrogens is 283 g/mol. The minimum absolute atomic E-state index is 0.578. The van der Waals surface area contributed by atoms with E-state index in [4.69, 9.17) is 23.2 Å². The summed E-state index contributed by atoms with van der Waals surface area (Å²) in [7, 11) is 0. The largest absolute Gasteiger partial charge is 0.231 e. The molecule has 0 atom stereocenters. The SMILES string of the molecule is Clc1ccc(-c2nc(Cl)c3c(n2)CSC3)s1. The molecule has 0 saturated carbocycles. The standard InChI is InChI=1S/C10H6Cl2N2S2/c11-8-2-1-7(16-8)10-13-6-4-15-3-5(6)9(12)14-10/h1-2H,3-4H2. The van der Waals surface area contributed by atoms with Crippen molar-refractivity contribution in [3.05, 3.63) is 32.9 Å². The van der Waals surface area contributed by atoms with E-state index < -0.39 is 0 Å². The fourth-order valence-electron chi connectivity index (χ4n) is 1.56. The smallest absolute Gasteiger partial charge is 0.171 e. The molecule has 0 bridgehead atoms. The van der Waals surface area contributed by atoms with E-state index in [1.807, 2.05) is 23.9 Å². The molecule has 82 valence electrons. The van der Waals surface area contributed by atoms with Crippen LogP contribution >= 0.6 is 46.3 Å². The lowest BCUT2D eigenvalue weighted by Gasteiger charge is -2.02. The van der Waals surface area contributed by atoms with Gasteiger partial charge in [-0.25, -0.2) is 9.97 Å². The summed E-state index contributed by atoms with van der Waals surface area (Å²) in [4.78, 5) is 9.82. The topological polar surface area (TPSA) is 25.8 Å². The molecule has 0 saturated heterocycles. The summed E-state index contributed by atoms with van der Waals surface area (Å²) in [5, 5.41) is 0.578. The van der Waals surface area contributed by atoms with Gasteiger partial charge in [-0.3, -0.25) is 0 Å². The Labute approximate surface area is 111 Å². The molecule has 6 heteroatoms. The molecule has 1 aliphatic heterocycles. The molecule has 0 spiro atoms. The lowest BCUT2D eigenvalue weighted by Crippen LogP contribution is -1.96. The van der Waals surface area contributed by atoms with Gasteiger partial charge in [-0.2, -0.15) is 11.8 Å². The third kappa shape index (κ3) is 1.84. The first-order chi connectivity index (χ1) is 7.74. The predicted molar refractivity (Wildman–Crippen MR) is 70.4 cm³/mol. The van der Waals surface area contributed by atoms with Crippen LogP contribution in [-0.4, -0.2) is 9.97 Å². The molecule has 0 unspecified atom stereocenters. The molecule has 0 radical (unpaired) electrons. The quantitative estimate of drug-likeness (QED) is 0.734. The number of fused-ring (bicyclic) bond motifs is 1. The van der Waals surface area contributed by atoms with Crippen molar-refractivity contribution in [2.24, 2.45) is 0 Å². The van der Waals surface area contributed by atoms with E-state index in [1.165, 1.54) is 11.3 Å². The van der Waals surface area contributed by atoms with E-state index in [1.54, 1.807) is 0 Å². The summed E-state index contributed by atoms with van der Waals surface area (Å²) in [6.07, 6.45) is 0. The lowest BCUT2D eigenvalue weighted by atomic mass is 10.3. The highest BCUT2D eigenvalue weighted by atomic mass is 35.5. The van der Waals surface area contributed by atoms with Crippen molar-refractivity contribution in [2.75, 3.05) is 0 Å². The van der Waals surface area contributed by atoms with E-state index >= 15 is 0 Å². The van der Waals surface area contributed by atoms with Gasteiger partial charge in [0.05, 0.1) is 14.9 Å². The highest BCUT2D eigenvalue weighted by Gasteiger charge is 2.19. The van der Waals surface area contributed by atoms with Gasteiger partial charge in [-0.05, 0) is 12.1 Å². The Balaban J connectivity index is 2.12. The number of halogens is 2. The van der Waals surface area contributed by atoms with Crippen molar-refractivity contribution in [2.45, 2.75) is 11.5 Å². The van der Waals surface area contributed by atoms with Gasteiger partial charge in [0.25, 0.3) is 0 Å². The van der Waals surface area contributed by atoms with Crippen molar-refractivity contribution < 1.29 is 0 Å². The normalized spacial score (nSPS) is 14.1. The highest BCUT2D eigenvalue weighted by molar-refractivity contribution is 7.98. The van der Waals surface area contributed by atoms with Crippen LogP contribution in [0.25, 0.3) is 10.7 Å². The number of hydrogen-bond donors (Lipinski definition) is 0. The summed E-state index contributed by atoms with van der Waals surface area (Å²) in [5.41, 5.74) is 2.14. The molecule has 1 aliphatic rings. The van der Waals surface area contributed by atoms with Crippen LogP contribution < -0.4 is 0 Å². The zero-order valence-corrected chi connectivity index (χ0v) is 11.2. The Bertz CT molecular complexity index is 554. The van der Waals surface area contributed by atoms with Gasteiger partial charge in [0.1, 0.15) is 5.15 Å². The van der Waals surface area contributed by atoms with Gasteiger partial charge in [0.15, 0.2) is 5.82 Å². The van der Waals surface area contributed by atoms with Gasteiger partial charge < -0.3 is 0 Å².